The number of hydrogen-bond donors (Lipinski definition) is 0. The third-order valence-electron chi connectivity index (χ3n) is 2.25. The summed E-state index contributed by atoms with van der Waals surface area (Å²) < 4.78 is 1.58. The van der Waals surface area contributed by atoms with Gasteiger partial charge in [0.15, 0.2) is 0 Å². The van der Waals surface area contributed by atoms with Gasteiger partial charge in [-0.2, -0.15) is 0 Å². The Balaban J connectivity index is 3.51. The van der Waals surface area contributed by atoms with Crippen molar-refractivity contribution in [2.24, 2.45) is 4.99 Å². The lowest BCUT2D eigenvalue weighted by molar-refractivity contribution is 0.0936. The van der Waals surface area contributed by atoms with Crippen LogP contribution >= 0.6 is 0 Å². The van der Waals surface area contributed by atoms with Crippen molar-refractivity contribution < 1.29 is 4.79 Å². The summed E-state index contributed by atoms with van der Waals surface area (Å²) in [5.41, 5.74) is 2.70. The zero-order chi connectivity index (χ0) is 12.1. The molecule has 0 radical (unpaired) electrons. The van der Waals surface area contributed by atoms with Crippen molar-refractivity contribution >= 4 is 24.3 Å². The standard InChI is InChI=1S/C13H16N2O/c1-5-7-12-11(8-14-4)9-15(10(3)16)13(12)6-2/h5-9H,2H2,1,3-4H3/b7-5-,14-8?. The van der Waals surface area contributed by atoms with Gasteiger partial charge < -0.3 is 0 Å². The lowest BCUT2D eigenvalue weighted by atomic mass is 10.1. The first-order chi connectivity index (χ1) is 7.65. The van der Waals surface area contributed by atoms with Gasteiger partial charge in [0.25, 0.3) is 0 Å². The molecule has 84 valence electrons. The van der Waals surface area contributed by atoms with Crippen LogP contribution in [0.2, 0.25) is 0 Å². The van der Waals surface area contributed by atoms with Gasteiger partial charge in [-0.25, -0.2) is 0 Å². The summed E-state index contributed by atoms with van der Waals surface area (Å²) in [4.78, 5) is 15.4. The number of hydrogen-bond acceptors (Lipinski definition) is 2. The maximum absolute atomic E-state index is 11.4. The molecule has 0 amide bonds. The van der Waals surface area contributed by atoms with Gasteiger partial charge in [0.2, 0.25) is 5.91 Å². The van der Waals surface area contributed by atoms with Crippen LogP contribution in [-0.2, 0) is 0 Å². The van der Waals surface area contributed by atoms with E-state index in [1.54, 1.807) is 30.1 Å². The molecule has 0 atom stereocenters. The van der Waals surface area contributed by atoms with Gasteiger partial charge in [-0.05, 0) is 13.0 Å². The Morgan fingerprint density at radius 2 is 2.25 bits per heavy atom. The number of allylic oxidation sites excluding steroid dienone is 1. The highest BCUT2D eigenvalue weighted by Gasteiger charge is 2.12. The molecule has 0 N–H and O–H groups in total. The first-order valence-electron chi connectivity index (χ1n) is 5.09. The first-order valence-corrected chi connectivity index (χ1v) is 5.09. The third kappa shape index (κ3) is 2.19. The summed E-state index contributed by atoms with van der Waals surface area (Å²) >= 11 is 0. The Labute approximate surface area is 95.8 Å². The van der Waals surface area contributed by atoms with Gasteiger partial charge in [-0.3, -0.25) is 14.4 Å². The average Bonchev–Trinajstić information content (AvgIpc) is 2.58. The van der Waals surface area contributed by atoms with Gasteiger partial charge in [0, 0.05) is 37.5 Å². The van der Waals surface area contributed by atoms with Crippen molar-refractivity contribution in [3.63, 3.8) is 0 Å². The van der Waals surface area contributed by atoms with E-state index in [-0.39, 0.29) is 5.91 Å². The fourth-order valence-corrected chi connectivity index (χ4v) is 1.61. The van der Waals surface area contributed by atoms with Crippen LogP contribution in [0.3, 0.4) is 0 Å². The minimum Gasteiger partial charge on any atom is -0.296 e. The van der Waals surface area contributed by atoms with E-state index in [0.717, 1.165) is 16.8 Å². The summed E-state index contributed by atoms with van der Waals surface area (Å²) in [5, 5.41) is 0. The molecule has 3 nitrogen and oxygen atoms in total. The molecule has 0 aliphatic rings. The third-order valence-corrected chi connectivity index (χ3v) is 2.25. The van der Waals surface area contributed by atoms with E-state index in [2.05, 4.69) is 11.6 Å². The quantitative estimate of drug-likeness (QED) is 0.715. The van der Waals surface area contributed by atoms with Crippen LogP contribution in [0, 0.1) is 0 Å². The van der Waals surface area contributed by atoms with Gasteiger partial charge >= 0.3 is 0 Å². The van der Waals surface area contributed by atoms with E-state index in [4.69, 9.17) is 0 Å². The fourth-order valence-electron chi connectivity index (χ4n) is 1.61. The molecule has 0 spiro atoms. The highest BCUT2D eigenvalue weighted by Crippen LogP contribution is 2.19. The highest BCUT2D eigenvalue weighted by atomic mass is 16.1. The van der Waals surface area contributed by atoms with Crippen molar-refractivity contribution in [2.45, 2.75) is 13.8 Å². The van der Waals surface area contributed by atoms with Crippen LogP contribution in [0.25, 0.3) is 12.2 Å². The van der Waals surface area contributed by atoms with Crippen molar-refractivity contribution in [2.75, 3.05) is 7.05 Å². The predicted octanol–water partition coefficient (Wildman–Crippen LogP) is 2.87. The number of aliphatic imine (C=N–C) groups is 1. The number of carbonyl (C=O) groups is 1. The van der Waals surface area contributed by atoms with E-state index < -0.39 is 0 Å². The van der Waals surface area contributed by atoms with E-state index >= 15 is 0 Å². The van der Waals surface area contributed by atoms with Crippen molar-refractivity contribution in [3.05, 3.63) is 35.7 Å². The first kappa shape index (κ1) is 12.2. The second-order valence-electron chi connectivity index (χ2n) is 3.36. The molecule has 0 bridgehead atoms. The van der Waals surface area contributed by atoms with Crippen molar-refractivity contribution in [3.8, 4) is 0 Å². The Morgan fingerprint density at radius 3 is 2.69 bits per heavy atom. The van der Waals surface area contributed by atoms with E-state index in [9.17, 15) is 4.79 Å². The lowest BCUT2D eigenvalue weighted by Gasteiger charge is -2.00. The molecule has 3 heteroatoms. The molecule has 0 aromatic carbocycles. The van der Waals surface area contributed by atoms with Crippen molar-refractivity contribution in [1.82, 2.24) is 4.57 Å². The number of nitrogens with zero attached hydrogens (tertiary/aromatic N) is 2. The maximum atomic E-state index is 11.4. The summed E-state index contributed by atoms with van der Waals surface area (Å²) in [6, 6.07) is 0. The Kier molecular flexibility index (Phi) is 4.00. The van der Waals surface area contributed by atoms with Gasteiger partial charge in [0.05, 0.1) is 5.69 Å². The zero-order valence-corrected chi connectivity index (χ0v) is 9.90. The van der Waals surface area contributed by atoms with Crippen LogP contribution in [0.1, 0.15) is 35.5 Å². The van der Waals surface area contributed by atoms with Crippen LogP contribution < -0.4 is 0 Å². The topological polar surface area (TPSA) is 34.4 Å². The Bertz CT molecular complexity index is 465. The van der Waals surface area contributed by atoms with E-state index in [0.29, 0.717) is 0 Å². The number of rotatable bonds is 3. The smallest absolute Gasteiger partial charge is 0.227 e. The molecule has 0 saturated heterocycles. The van der Waals surface area contributed by atoms with Gasteiger partial charge in [-0.15, -0.1) is 0 Å². The van der Waals surface area contributed by atoms with Crippen LogP contribution in [0.5, 0.6) is 0 Å². The summed E-state index contributed by atoms with van der Waals surface area (Å²) in [6.45, 7) is 7.20. The molecule has 0 aliphatic heterocycles. The maximum Gasteiger partial charge on any atom is 0.227 e. The molecular weight excluding hydrogens is 200 g/mol. The fraction of sp³-hybridized carbons (Fsp3) is 0.231. The van der Waals surface area contributed by atoms with Crippen molar-refractivity contribution in [1.29, 1.82) is 0 Å². The second kappa shape index (κ2) is 5.26. The molecule has 1 aromatic heterocycles. The Morgan fingerprint density at radius 1 is 1.56 bits per heavy atom. The Hall–Kier alpha value is -1.90. The normalized spacial score (nSPS) is 11.4. The lowest BCUT2D eigenvalue weighted by Crippen LogP contribution is -2.05. The molecule has 1 aromatic rings. The SMILES string of the molecule is C=Cc1c(/C=C\C)c(C=NC)cn1C(C)=O. The van der Waals surface area contributed by atoms with Gasteiger partial charge in [0.1, 0.15) is 0 Å². The molecular formula is C13H16N2O. The van der Waals surface area contributed by atoms with Crippen LogP contribution in [0.15, 0.2) is 23.8 Å². The molecule has 0 fully saturated rings. The molecule has 16 heavy (non-hydrogen) atoms. The predicted molar refractivity (Wildman–Crippen MR) is 69.0 cm³/mol. The summed E-state index contributed by atoms with van der Waals surface area (Å²) in [6.07, 6.45) is 9.08. The summed E-state index contributed by atoms with van der Waals surface area (Å²) in [7, 11) is 1.71. The zero-order valence-electron chi connectivity index (χ0n) is 9.90. The minimum absolute atomic E-state index is 0.0311. The molecule has 0 saturated carbocycles. The average molecular weight is 216 g/mol. The minimum atomic E-state index is -0.0311. The largest absolute Gasteiger partial charge is 0.296 e. The van der Waals surface area contributed by atoms with E-state index in [1.807, 2.05) is 19.1 Å². The molecule has 0 aliphatic carbocycles. The number of carbonyl (C=O) groups excluding carboxylic acids is 1. The molecule has 1 heterocycles. The van der Waals surface area contributed by atoms with E-state index in [1.165, 1.54) is 6.92 Å². The number of aromatic nitrogens is 1. The molecule has 1 rings (SSSR count). The van der Waals surface area contributed by atoms with Crippen LogP contribution in [-0.4, -0.2) is 23.7 Å². The monoisotopic (exact) mass is 216 g/mol. The van der Waals surface area contributed by atoms with Crippen LogP contribution in [0.4, 0.5) is 0 Å². The summed E-state index contributed by atoms with van der Waals surface area (Å²) in [5.74, 6) is -0.0311. The second-order valence-corrected chi connectivity index (χ2v) is 3.36. The van der Waals surface area contributed by atoms with Gasteiger partial charge in [-0.1, -0.05) is 18.7 Å². The highest BCUT2D eigenvalue weighted by molar-refractivity contribution is 5.92. The molecule has 0 unspecified atom stereocenters.